The van der Waals surface area contributed by atoms with E-state index in [0.29, 0.717) is 17.3 Å². The summed E-state index contributed by atoms with van der Waals surface area (Å²) in [5.41, 5.74) is 0.891. The van der Waals surface area contributed by atoms with Gasteiger partial charge in [0.25, 0.3) is 5.56 Å². The van der Waals surface area contributed by atoms with Crippen LogP contribution >= 0.6 is 34.2 Å². The molecule has 20 heavy (non-hydrogen) atoms. The summed E-state index contributed by atoms with van der Waals surface area (Å²) in [4.78, 5) is 23.5. The molecule has 1 aromatic heterocycles. The predicted molar refractivity (Wildman–Crippen MR) is 88.4 cm³/mol. The van der Waals surface area contributed by atoms with Gasteiger partial charge in [-0.05, 0) is 40.8 Å². The van der Waals surface area contributed by atoms with Gasteiger partial charge in [0.1, 0.15) is 0 Å². The fraction of sp³-hybridized carbons (Fsp3) is 0.231. The van der Waals surface area contributed by atoms with E-state index in [4.69, 9.17) is 11.6 Å². The fourth-order valence-corrected chi connectivity index (χ4v) is 2.83. The van der Waals surface area contributed by atoms with E-state index in [9.17, 15) is 9.59 Å². The SMILES string of the molecule is Cn1c(CNc2ccc(Cl)cc2I)cc(=O)n(C)c1=O. The van der Waals surface area contributed by atoms with Gasteiger partial charge in [-0.15, -0.1) is 0 Å². The highest BCUT2D eigenvalue weighted by Crippen LogP contribution is 2.22. The summed E-state index contributed by atoms with van der Waals surface area (Å²) >= 11 is 8.07. The molecule has 1 heterocycles. The molecule has 7 heteroatoms. The summed E-state index contributed by atoms with van der Waals surface area (Å²) in [6, 6.07) is 6.95. The van der Waals surface area contributed by atoms with Gasteiger partial charge in [0, 0.05) is 40.1 Å². The van der Waals surface area contributed by atoms with Gasteiger partial charge < -0.3 is 5.32 Å². The number of nitrogens with one attached hydrogen (secondary N) is 1. The van der Waals surface area contributed by atoms with Crippen molar-refractivity contribution in [1.29, 1.82) is 0 Å². The molecule has 0 radical (unpaired) electrons. The minimum absolute atomic E-state index is 0.310. The second kappa shape index (κ2) is 6.01. The van der Waals surface area contributed by atoms with E-state index >= 15 is 0 Å². The van der Waals surface area contributed by atoms with Crippen molar-refractivity contribution in [2.24, 2.45) is 14.1 Å². The summed E-state index contributed by atoms with van der Waals surface area (Å²) < 4.78 is 3.51. The van der Waals surface area contributed by atoms with Crippen LogP contribution in [-0.2, 0) is 20.6 Å². The number of hydrogen-bond donors (Lipinski definition) is 1. The van der Waals surface area contributed by atoms with Crippen molar-refractivity contribution >= 4 is 39.9 Å². The summed E-state index contributed by atoms with van der Waals surface area (Å²) in [5, 5.41) is 3.86. The van der Waals surface area contributed by atoms with Gasteiger partial charge in [-0.2, -0.15) is 0 Å². The monoisotopic (exact) mass is 405 g/mol. The van der Waals surface area contributed by atoms with Crippen LogP contribution in [0.5, 0.6) is 0 Å². The average Bonchev–Trinajstić information content (AvgIpc) is 2.40. The first-order valence-electron chi connectivity index (χ1n) is 5.85. The Labute approximate surface area is 134 Å². The molecule has 0 aliphatic heterocycles. The Balaban J connectivity index is 2.28. The minimum Gasteiger partial charge on any atom is -0.379 e. The van der Waals surface area contributed by atoms with E-state index in [1.54, 1.807) is 13.1 Å². The van der Waals surface area contributed by atoms with Crippen molar-refractivity contribution in [1.82, 2.24) is 9.13 Å². The van der Waals surface area contributed by atoms with Crippen LogP contribution in [0.25, 0.3) is 0 Å². The van der Waals surface area contributed by atoms with E-state index in [2.05, 4.69) is 27.9 Å². The summed E-state index contributed by atoms with van der Waals surface area (Å²) in [6.07, 6.45) is 0. The van der Waals surface area contributed by atoms with Crippen LogP contribution in [0, 0.1) is 3.57 Å². The van der Waals surface area contributed by atoms with Gasteiger partial charge >= 0.3 is 5.69 Å². The Morgan fingerprint density at radius 3 is 2.55 bits per heavy atom. The number of halogens is 2. The van der Waals surface area contributed by atoms with Crippen molar-refractivity contribution in [3.05, 3.63) is 59.4 Å². The predicted octanol–water partition coefficient (Wildman–Crippen LogP) is 1.95. The van der Waals surface area contributed by atoms with E-state index in [1.807, 2.05) is 12.1 Å². The lowest BCUT2D eigenvalue weighted by atomic mass is 10.3. The third-order valence-electron chi connectivity index (χ3n) is 3.02. The Hall–Kier alpha value is -1.28. The highest BCUT2D eigenvalue weighted by Gasteiger charge is 2.06. The molecule has 0 aliphatic carbocycles. The Morgan fingerprint density at radius 2 is 1.90 bits per heavy atom. The van der Waals surface area contributed by atoms with Crippen molar-refractivity contribution in [2.75, 3.05) is 5.32 Å². The number of rotatable bonds is 3. The zero-order valence-corrected chi connectivity index (χ0v) is 13.9. The molecule has 5 nitrogen and oxygen atoms in total. The number of aromatic nitrogens is 2. The van der Waals surface area contributed by atoms with Crippen molar-refractivity contribution in [3.63, 3.8) is 0 Å². The smallest absolute Gasteiger partial charge is 0.330 e. The molecule has 0 bridgehead atoms. The van der Waals surface area contributed by atoms with Gasteiger partial charge in [-0.25, -0.2) is 4.79 Å². The van der Waals surface area contributed by atoms with Gasteiger partial charge in [0.05, 0.1) is 6.54 Å². The van der Waals surface area contributed by atoms with Crippen LogP contribution in [-0.4, -0.2) is 9.13 Å². The van der Waals surface area contributed by atoms with E-state index in [1.165, 1.54) is 17.7 Å². The zero-order valence-electron chi connectivity index (χ0n) is 11.0. The largest absolute Gasteiger partial charge is 0.379 e. The lowest BCUT2D eigenvalue weighted by Crippen LogP contribution is -2.38. The quantitative estimate of drug-likeness (QED) is 0.794. The highest BCUT2D eigenvalue weighted by molar-refractivity contribution is 14.1. The lowest BCUT2D eigenvalue weighted by Gasteiger charge is -2.12. The number of benzene rings is 1. The molecule has 0 saturated carbocycles. The van der Waals surface area contributed by atoms with Gasteiger partial charge in [0.2, 0.25) is 0 Å². The third-order valence-corrected chi connectivity index (χ3v) is 4.14. The standard InChI is InChI=1S/C13H13ClIN3O2/c1-17-9(6-12(19)18(2)13(17)20)7-16-11-4-3-8(14)5-10(11)15/h3-6,16H,7H2,1-2H3. The normalized spacial score (nSPS) is 10.6. The molecule has 2 aromatic rings. The van der Waals surface area contributed by atoms with Gasteiger partial charge in [-0.1, -0.05) is 11.6 Å². The van der Waals surface area contributed by atoms with Gasteiger partial charge in [-0.3, -0.25) is 13.9 Å². The molecule has 0 fully saturated rings. The van der Waals surface area contributed by atoms with Crippen LogP contribution in [0.2, 0.25) is 5.02 Å². The van der Waals surface area contributed by atoms with Gasteiger partial charge in [0.15, 0.2) is 0 Å². The maximum Gasteiger partial charge on any atom is 0.330 e. The molecule has 0 atom stereocenters. The van der Waals surface area contributed by atoms with Crippen LogP contribution in [0.15, 0.2) is 33.9 Å². The number of nitrogens with zero attached hydrogens (tertiary/aromatic N) is 2. The van der Waals surface area contributed by atoms with E-state index in [0.717, 1.165) is 13.8 Å². The highest BCUT2D eigenvalue weighted by atomic mass is 127. The van der Waals surface area contributed by atoms with Crippen LogP contribution < -0.4 is 16.6 Å². The first-order chi connectivity index (χ1) is 9.40. The van der Waals surface area contributed by atoms with Crippen LogP contribution in [0.3, 0.4) is 0 Å². The molecular weight excluding hydrogens is 393 g/mol. The third kappa shape index (κ3) is 3.06. The summed E-state index contributed by atoms with van der Waals surface area (Å²) in [5.74, 6) is 0. The lowest BCUT2D eigenvalue weighted by molar-refractivity contribution is 0.655. The van der Waals surface area contributed by atoms with E-state index < -0.39 is 0 Å². The molecule has 0 spiro atoms. The molecule has 2 rings (SSSR count). The van der Waals surface area contributed by atoms with Crippen LogP contribution in [0.4, 0.5) is 5.69 Å². The second-order valence-corrected chi connectivity index (χ2v) is 5.95. The second-order valence-electron chi connectivity index (χ2n) is 4.35. The number of hydrogen-bond acceptors (Lipinski definition) is 3. The van der Waals surface area contributed by atoms with Crippen molar-refractivity contribution < 1.29 is 0 Å². The molecule has 0 saturated heterocycles. The summed E-state index contributed by atoms with van der Waals surface area (Å²) in [7, 11) is 3.11. The maximum atomic E-state index is 11.8. The molecule has 1 aromatic carbocycles. The molecule has 0 amide bonds. The van der Waals surface area contributed by atoms with Crippen molar-refractivity contribution in [3.8, 4) is 0 Å². The van der Waals surface area contributed by atoms with E-state index in [-0.39, 0.29) is 11.2 Å². The Morgan fingerprint density at radius 1 is 1.20 bits per heavy atom. The first kappa shape index (κ1) is 15.1. The zero-order chi connectivity index (χ0) is 14.9. The summed E-state index contributed by atoms with van der Waals surface area (Å²) in [6.45, 7) is 0.388. The molecular formula is C13H13ClIN3O2. The maximum absolute atomic E-state index is 11.8. The topological polar surface area (TPSA) is 56.0 Å². The molecule has 0 aliphatic rings. The fourth-order valence-electron chi connectivity index (χ4n) is 1.77. The van der Waals surface area contributed by atoms with Crippen LogP contribution in [0.1, 0.15) is 5.69 Å². The molecule has 1 N–H and O–H groups in total. The average molecular weight is 406 g/mol. The van der Waals surface area contributed by atoms with Crippen molar-refractivity contribution in [2.45, 2.75) is 6.54 Å². The first-order valence-corrected chi connectivity index (χ1v) is 7.30. The number of anilines is 1. The Bertz CT molecular complexity index is 767. The Kier molecular flexibility index (Phi) is 4.54. The molecule has 0 unspecified atom stereocenters. The minimum atomic E-state index is -0.333. The molecule has 106 valence electrons.